The normalized spacial score (nSPS) is 16.5. The maximum atomic E-state index is 12.7. The van der Waals surface area contributed by atoms with Crippen LogP contribution in [-0.4, -0.2) is 31.0 Å². The molecule has 0 saturated carbocycles. The third kappa shape index (κ3) is 8.10. The summed E-state index contributed by atoms with van der Waals surface area (Å²) in [6, 6.07) is 6.80. The van der Waals surface area contributed by atoms with Crippen molar-refractivity contribution in [1.29, 1.82) is 0 Å². The lowest BCUT2D eigenvalue weighted by atomic mass is 10.1. The van der Waals surface area contributed by atoms with Crippen LogP contribution < -0.4 is 15.0 Å². The number of ether oxygens (including phenoxy) is 1. The molecule has 1 aromatic carbocycles. The molecule has 0 radical (unpaired) electrons. The molecule has 168 valence electrons. The fourth-order valence-electron chi connectivity index (χ4n) is 3.86. The summed E-state index contributed by atoms with van der Waals surface area (Å²) in [5.41, 5.74) is 0.622. The predicted octanol–water partition coefficient (Wildman–Crippen LogP) is 5.62. The van der Waals surface area contributed by atoms with Crippen LogP contribution in [0.25, 0.3) is 0 Å². The van der Waals surface area contributed by atoms with E-state index in [-0.39, 0.29) is 18.2 Å². The average Bonchev–Trinajstić information content (AvgIpc) is 3.04. The molecule has 1 aromatic rings. The summed E-state index contributed by atoms with van der Waals surface area (Å²) in [7, 11) is 0. The summed E-state index contributed by atoms with van der Waals surface area (Å²) in [6.07, 6.45) is 14.1. The lowest BCUT2D eigenvalue weighted by molar-refractivity contribution is -0.121. The number of anilines is 1. The molecular weight excluding hydrogens is 376 g/mol. The second kappa shape index (κ2) is 14.2. The van der Waals surface area contributed by atoms with Crippen LogP contribution in [0.15, 0.2) is 24.3 Å². The third-order valence-electron chi connectivity index (χ3n) is 5.64. The van der Waals surface area contributed by atoms with Gasteiger partial charge in [-0.1, -0.05) is 71.6 Å². The summed E-state index contributed by atoms with van der Waals surface area (Å²) in [5.74, 6) is 0.479. The number of carbonyl (C=O) groups is 2. The Balaban J connectivity index is 1.63. The molecule has 2 rings (SSSR count). The number of amides is 2. The second-order valence-electron chi connectivity index (χ2n) is 8.30. The minimum Gasteiger partial charge on any atom is -0.494 e. The average molecular weight is 417 g/mol. The summed E-state index contributed by atoms with van der Waals surface area (Å²) >= 11 is 0. The number of carbonyl (C=O) groups excluding carboxylic acids is 2. The maximum Gasteiger partial charge on any atom is 0.251 e. The molecule has 1 saturated heterocycles. The molecule has 2 amide bonds. The lowest BCUT2D eigenvalue weighted by Crippen LogP contribution is -2.39. The van der Waals surface area contributed by atoms with Crippen molar-refractivity contribution in [2.75, 3.05) is 18.1 Å². The number of hydrogen-bond acceptors (Lipinski definition) is 4. The first-order valence-corrected chi connectivity index (χ1v) is 12.0. The van der Waals surface area contributed by atoms with Crippen molar-refractivity contribution in [3.8, 4) is 5.75 Å². The zero-order valence-corrected chi connectivity index (χ0v) is 19.0. The Bertz CT molecular complexity index is 630. The van der Waals surface area contributed by atoms with Crippen LogP contribution in [0.4, 0.5) is 5.69 Å². The number of benzene rings is 1. The number of hydrogen-bond donors (Lipinski definition) is 1. The molecule has 0 bridgehead atoms. The molecule has 1 aliphatic heterocycles. The van der Waals surface area contributed by atoms with E-state index in [0.29, 0.717) is 12.3 Å². The number of rotatable bonds is 16. The van der Waals surface area contributed by atoms with E-state index < -0.39 is 6.04 Å². The van der Waals surface area contributed by atoms with Gasteiger partial charge in [-0.3, -0.25) is 9.59 Å². The minimum atomic E-state index is -0.396. The monoisotopic (exact) mass is 416 g/mol. The fourth-order valence-corrected chi connectivity index (χ4v) is 3.86. The molecule has 0 aliphatic carbocycles. The van der Waals surface area contributed by atoms with Gasteiger partial charge in [0.15, 0.2) is 0 Å². The highest BCUT2D eigenvalue weighted by Gasteiger charge is 2.39. The maximum absolute atomic E-state index is 12.7. The molecule has 1 N–H and O–H groups in total. The second-order valence-corrected chi connectivity index (χ2v) is 8.30. The van der Waals surface area contributed by atoms with Gasteiger partial charge in [0.2, 0.25) is 5.91 Å². The Morgan fingerprint density at radius 3 is 2.07 bits per heavy atom. The van der Waals surface area contributed by atoms with Crippen molar-refractivity contribution < 1.29 is 14.3 Å². The molecule has 1 heterocycles. The van der Waals surface area contributed by atoms with Gasteiger partial charge >= 0.3 is 0 Å². The quantitative estimate of drug-likeness (QED) is 0.281. The van der Waals surface area contributed by atoms with Crippen LogP contribution in [0.3, 0.4) is 0 Å². The van der Waals surface area contributed by atoms with Crippen molar-refractivity contribution in [1.82, 2.24) is 5.32 Å². The molecule has 1 fully saturated rings. The summed E-state index contributed by atoms with van der Waals surface area (Å²) in [5, 5.41) is 3.29. The van der Waals surface area contributed by atoms with Crippen molar-refractivity contribution in [2.24, 2.45) is 0 Å². The van der Waals surface area contributed by atoms with Gasteiger partial charge in [0.25, 0.3) is 5.91 Å². The Morgan fingerprint density at radius 1 is 0.867 bits per heavy atom. The molecule has 0 spiro atoms. The highest BCUT2D eigenvalue weighted by molar-refractivity contribution is 6.22. The molecular formula is C25H40N2O3. The van der Waals surface area contributed by atoms with Crippen LogP contribution >= 0.6 is 0 Å². The zero-order valence-electron chi connectivity index (χ0n) is 19.0. The van der Waals surface area contributed by atoms with Crippen molar-refractivity contribution in [2.45, 2.75) is 96.9 Å². The summed E-state index contributed by atoms with van der Waals surface area (Å²) in [4.78, 5) is 26.4. The summed E-state index contributed by atoms with van der Waals surface area (Å²) < 4.78 is 5.57. The topological polar surface area (TPSA) is 58.6 Å². The van der Waals surface area contributed by atoms with Gasteiger partial charge in [-0.2, -0.15) is 0 Å². The minimum absolute atomic E-state index is 0.136. The van der Waals surface area contributed by atoms with Crippen molar-refractivity contribution in [3.63, 3.8) is 0 Å². The Kier molecular flexibility index (Phi) is 11.5. The van der Waals surface area contributed by atoms with E-state index in [1.165, 1.54) is 62.7 Å². The van der Waals surface area contributed by atoms with Gasteiger partial charge < -0.3 is 10.1 Å². The zero-order chi connectivity index (χ0) is 21.6. The number of unbranched alkanes of at least 4 members (excludes halogenated alkanes) is 9. The highest BCUT2D eigenvalue weighted by Crippen LogP contribution is 2.25. The first-order valence-electron chi connectivity index (χ1n) is 12.0. The molecule has 1 aliphatic rings. The Hall–Kier alpha value is -1.88. The molecule has 0 aromatic heterocycles. The SMILES string of the molecule is CCCCCCCCCCCCNC1CC(=O)N(c2ccc(OCCC)cc2)C1=O. The number of imide groups is 1. The van der Waals surface area contributed by atoms with Crippen LogP contribution in [0, 0.1) is 0 Å². The molecule has 5 heteroatoms. The van der Waals surface area contributed by atoms with E-state index in [9.17, 15) is 9.59 Å². The first-order chi connectivity index (χ1) is 14.7. The summed E-state index contributed by atoms with van der Waals surface area (Å²) in [6.45, 7) is 5.75. The number of nitrogens with zero attached hydrogens (tertiary/aromatic N) is 1. The van der Waals surface area contributed by atoms with Gasteiger partial charge in [0, 0.05) is 0 Å². The lowest BCUT2D eigenvalue weighted by Gasteiger charge is -2.16. The van der Waals surface area contributed by atoms with E-state index in [1.54, 1.807) is 12.1 Å². The Labute approximate surface area is 182 Å². The van der Waals surface area contributed by atoms with Crippen LogP contribution in [0.1, 0.15) is 90.9 Å². The van der Waals surface area contributed by atoms with Gasteiger partial charge in [0.05, 0.1) is 24.8 Å². The highest BCUT2D eigenvalue weighted by atomic mass is 16.5. The van der Waals surface area contributed by atoms with Crippen LogP contribution in [-0.2, 0) is 9.59 Å². The van der Waals surface area contributed by atoms with Gasteiger partial charge in [-0.25, -0.2) is 4.90 Å². The van der Waals surface area contributed by atoms with Gasteiger partial charge in [0.1, 0.15) is 5.75 Å². The predicted molar refractivity (Wildman–Crippen MR) is 123 cm³/mol. The standard InChI is InChI=1S/C25H40N2O3/c1-3-5-6-7-8-9-10-11-12-13-18-26-23-20-24(28)27(25(23)29)21-14-16-22(17-15-21)30-19-4-2/h14-17,23,26H,3-13,18-20H2,1-2H3. The van der Waals surface area contributed by atoms with E-state index in [4.69, 9.17) is 4.74 Å². The van der Waals surface area contributed by atoms with Crippen LogP contribution in [0.2, 0.25) is 0 Å². The Morgan fingerprint density at radius 2 is 1.47 bits per heavy atom. The first kappa shape index (κ1) is 24.4. The largest absolute Gasteiger partial charge is 0.494 e. The van der Waals surface area contributed by atoms with E-state index in [1.807, 2.05) is 12.1 Å². The van der Waals surface area contributed by atoms with Crippen LogP contribution in [0.5, 0.6) is 5.75 Å². The van der Waals surface area contributed by atoms with E-state index >= 15 is 0 Å². The molecule has 30 heavy (non-hydrogen) atoms. The van der Waals surface area contributed by atoms with Gasteiger partial charge in [-0.15, -0.1) is 0 Å². The van der Waals surface area contributed by atoms with Gasteiger partial charge in [-0.05, 0) is 43.7 Å². The van der Waals surface area contributed by atoms with Crippen molar-refractivity contribution in [3.05, 3.63) is 24.3 Å². The van der Waals surface area contributed by atoms with E-state index in [2.05, 4.69) is 19.2 Å². The number of nitrogens with one attached hydrogen (secondary N) is 1. The molecule has 5 nitrogen and oxygen atoms in total. The van der Waals surface area contributed by atoms with E-state index in [0.717, 1.165) is 25.1 Å². The van der Waals surface area contributed by atoms with Crippen molar-refractivity contribution >= 4 is 17.5 Å². The fraction of sp³-hybridized carbons (Fsp3) is 0.680. The molecule has 1 atom stereocenters. The smallest absolute Gasteiger partial charge is 0.251 e. The third-order valence-corrected chi connectivity index (χ3v) is 5.64. The molecule has 1 unspecified atom stereocenters.